The maximum atomic E-state index is 13.0. The van der Waals surface area contributed by atoms with E-state index in [9.17, 15) is 13.2 Å². The van der Waals surface area contributed by atoms with E-state index < -0.39 is 10.0 Å². The molecule has 0 radical (unpaired) electrons. The highest BCUT2D eigenvalue weighted by molar-refractivity contribution is 7.92. The van der Waals surface area contributed by atoms with Crippen molar-refractivity contribution >= 4 is 27.3 Å². The molecule has 0 bridgehead atoms. The zero-order valence-corrected chi connectivity index (χ0v) is 15.8. The van der Waals surface area contributed by atoms with E-state index in [0.717, 1.165) is 36.9 Å². The number of sulfonamides is 1. The van der Waals surface area contributed by atoms with Crippen molar-refractivity contribution in [1.29, 1.82) is 0 Å². The summed E-state index contributed by atoms with van der Waals surface area (Å²) in [7, 11) is -3.58. The lowest BCUT2D eigenvalue weighted by atomic mass is 10.0. The SMILES string of the molecule is CCCCC(=O)Nc1ccc2c(c1)CCCN2S(=O)(=O)c1ccccc1. The van der Waals surface area contributed by atoms with Crippen molar-refractivity contribution in [1.82, 2.24) is 0 Å². The van der Waals surface area contributed by atoms with Crippen molar-refractivity contribution in [2.75, 3.05) is 16.2 Å². The van der Waals surface area contributed by atoms with Gasteiger partial charge < -0.3 is 5.32 Å². The summed E-state index contributed by atoms with van der Waals surface area (Å²) in [4.78, 5) is 12.2. The number of carbonyl (C=O) groups excluding carboxylic acids is 1. The molecule has 3 rings (SSSR count). The molecule has 1 aliphatic rings. The van der Waals surface area contributed by atoms with Crippen LogP contribution in [-0.4, -0.2) is 20.9 Å². The maximum absolute atomic E-state index is 13.0. The van der Waals surface area contributed by atoms with Crippen molar-refractivity contribution in [2.45, 2.75) is 43.9 Å². The minimum Gasteiger partial charge on any atom is -0.326 e. The van der Waals surface area contributed by atoms with Crippen molar-refractivity contribution in [3.63, 3.8) is 0 Å². The predicted octanol–water partition coefficient (Wildman–Crippen LogP) is 3.96. The van der Waals surface area contributed by atoms with Crippen LogP contribution in [0.25, 0.3) is 0 Å². The number of benzene rings is 2. The number of nitrogens with one attached hydrogen (secondary N) is 1. The van der Waals surface area contributed by atoms with Crippen LogP contribution in [0.1, 0.15) is 38.2 Å². The van der Waals surface area contributed by atoms with Gasteiger partial charge in [0.05, 0.1) is 10.6 Å². The summed E-state index contributed by atoms with van der Waals surface area (Å²) in [6, 6.07) is 14.0. The van der Waals surface area contributed by atoms with E-state index in [0.29, 0.717) is 23.5 Å². The Morgan fingerprint density at radius 1 is 1.15 bits per heavy atom. The summed E-state index contributed by atoms with van der Waals surface area (Å²) in [5.41, 5.74) is 2.37. The molecule has 0 fully saturated rings. The number of aryl methyl sites for hydroxylation is 1. The predicted molar refractivity (Wildman–Crippen MR) is 104 cm³/mol. The standard InChI is InChI=1S/C20H24N2O3S/c1-2-3-11-20(23)21-17-12-13-19-16(15-17)8-7-14-22(19)26(24,25)18-9-5-4-6-10-18/h4-6,9-10,12-13,15H,2-3,7-8,11,14H2,1H3,(H,21,23). The molecule has 5 nitrogen and oxygen atoms in total. The van der Waals surface area contributed by atoms with Gasteiger partial charge in [0.2, 0.25) is 5.91 Å². The van der Waals surface area contributed by atoms with Gasteiger partial charge in [-0.25, -0.2) is 8.42 Å². The van der Waals surface area contributed by atoms with E-state index >= 15 is 0 Å². The minimum atomic E-state index is -3.58. The molecule has 1 N–H and O–H groups in total. The first-order chi connectivity index (χ1) is 12.5. The summed E-state index contributed by atoms with van der Waals surface area (Å²) in [5, 5.41) is 2.91. The molecule has 26 heavy (non-hydrogen) atoms. The Kier molecular flexibility index (Phi) is 5.61. The summed E-state index contributed by atoms with van der Waals surface area (Å²) >= 11 is 0. The molecular weight excluding hydrogens is 348 g/mol. The van der Waals surface area contributed by atoms with Gasteiger partial charge in [-0.1, -0.05) is 31.5 Å². The zero-order chi connectivity index (χ0) is 18.6. The first-order valence-corrected chi connectivity index (χ1v) is 10.5. The fourth-order valence-electron chi connectivity index (χ4n) is 3.17. The Hall–Kier alpha value is -2.34. The minimum absolute atomic E-state index is 0.00336. The third-order valence-corrected chi connectivity index (χ3v) is 6.36. The van der Waals surface area contributed by atoms with Gasteiger partial charge in [-0.3, -0.25) is 9.10 Å². The number of hydrogen-bond donors (Lipinski definition) is 1. The monoisotopic (exact) mass is 372 g/mol. The van der Waals surface area contributed by atoms with Crippen LogP contribution < -0.4 is 9.62 Å². The number of anilines is 2. The fraction of sp³-hybridized carbons (Fsp3) is 0.350. The van der Waals surface area contributed by atoms with E-state index in [-0.39, 0.29) is 5.91 Å². The average Bonchev–Trinajstić information content (AvgIpc) is 2.66. The Bertz CT molecular complexity index is 879. The third kappa shape index (κ3) is 3.90. The van der Waals surface area contributed by atoms with Gasteiger partial charge in [0.25, 0.3) is 10.0 Å². The lowest BCUT2D eigenvalue weighted by Crippen LogP contribution is -2.35. The highest BCUT2D eigenvalue weighted by Gasteiger charge is 2.29. The zero-order valence-electron chi connectivity index (χ0n) is 14.9. The Morgan fingerprint density at radius 3 is 2.65 bits per heavy atom. The Morgan fingerprint density at radius 2 is 1.92 bits per heavy atom. The molecule has 0 atom stereocenters. The summed E-state index contributed by atoms with van der Waals surface area (Å²) in [6.07, 6.45) is 3.90. The molecule has 0 saturated heterocycles. The van der Waals surface area contributed by atoms with Gasteiger partial charge in [-0.05, 0) is 55.2 Å². The van der Waals surface area contributed by atoms with E-state index in [1.165, 1.54) is 4.31 Å². The lowest BCUT2D eigenvalue weighted by Gasteiger charge is -2.30. The van der Waals surface area contributed by atoms with E-state index in [1.807, 2.05) is 13.0 Å². The molecule has 1 amide bonds. The molecular formula is C20H24N2O3S. The van der Waals surface area contributed by atoms with Gasteiger partial charge in [-0.15, -0.1) is 0 Å². The molecule has 6 heteroatoms. The number of carbonyl (C=O) groups is 1. The number of fused-ring (bicyclic) bond motifs is 1. The van der Waals surface area contributed by atoms with Crippen molar-refractivity contribution in [3.05, 3.63) is 54.1 Å². The van der Waals surface area contributed by atoms with Gasteiger partial charge >= 0.3 is 0 Å². The highest BCUT2D eigenvalue weighted by atomic mass is 32.2. The smallest absolute Gasteiger partial charge is 0.264 e. The van der Waals surface area contributed by atoms with Crippen LogP contribution >= 0.6 is 0 Å². The van der Waals surface area contributed by atoms with Gasteiger partial charge in [-0.2, -0.15) is 0 Å². The normalized spacial score (nSPS) is 14.0. The molecule has 2 aromatic rings. The van der Waals surface area contributed by atoms with Crippen LogP contribution in [0.5, 0.6) is 0 Å². The van der Waals surface area contributed by atoms with Gasteiger partial charge in [0, 0.05) is 18.7 Å². The highest BCUT2D eigenvalue weighted by Crippen LogP contribution is 2.33. The number of hydrogen-bond acceptors (Lipinski definition) is 3. The maximum Gasteiger partial charge on any atom is 0.264 e. The number of amides is 1. The van der Waals surface area contributed by atoms with E-state index in [1.54, 1.807) is 42.5 Å². The van der Waals surface area contributed by atoms with Crippen LogP contribution in [0.2, 0.25) is 0 Å². The van der Waals surface area contributed by atoms with E-state index in [4.69, 9.17) is 0 Å². The van der Waals surface area contributed by atoms with Gasteiger partial charge in [0.1, 0.15) is 0 Å². The second kappa shape index (κ2) is 7.91. The van der Waals surface area contributed by atoms with Crippen LogP contribution in [0.3, 0.4) is 0 Å². The second-order valence-corrected chi connectivity index (χ2v) is 8.35. The average molecular weight is 372 g/mol. The Labute approximate surface area is 155 Å². The van der Waals surface area contributed by atoms with Crippen LogP contribution in [0, 0.1) is 0 Å². The van der Waals surface area contributed by atoms with Gasteiger partial charge in [0.15, 0.2) is 0 Å². The molecule has 2 aromatic carbocycles. The third-order valence-electron chi connectivity index (χ3n) is 4.53. The quantitative estimate of drug-likeness (QED) is 0.835. The molecule has 0 unspecified atom stereocenters. The molecule has 1 heterocycles. The van der Waals surface area contributed by atoms with Crippen LogP contribution in [-0.2, 0) is 21.2 Å². The summed E-state index contributed by atoms with van der Waals surface area (Å²) < 4.78 is 27.5. The van der Waals surface area contributed by atoms with Crippen molar-refractivity contribution in [2.24, 2.45) is 0 Å². The number of unbranched alkanes of at least 4 members (excludes halogenated alkanes) is 1. The molecule has 0 saturated carbocycles. The first-order valence-electron chi connectivity index (χ1n) is 9.03. The topological polar surface area (TPSA) is 66.5 Å². The largest absolute Gasteiger partial charge is 0.326 e. The van der Waals surface area contributed by atoms with E-state index in [2.05, 4.69) is 5.32 Å². The second-order valence-electron chi connectivity index (χ2n) is 6.49. The first kappa shape index (κ1) is 18.5. The fourth-order valence-corrected chi connectivity index (χ4v) is 4.73. The molecule has 0 aliphatic carbocycles. The lowest BCUT2D eigenvalue weighted by molar-refractivity contribution is -0.116. The number of rotatable bonds is 6. The molecule has 1 aliphatic heterocycles. The van der Waals surface area contributed by atoms with Crippen molar-refractivity contribution < 1.29 is 13.2 Å². The van der Waals surface area contributed by atoms with Crippen LogP contribution in [0.15, 0.2) is 53.4 Å². The van der Waals surface area contributed by atoms with Crippen LogP contribution in [0.4, 0.5) is 11.4 Å². The Balaban J connectivity index is 1.86. The molecule has 0 aromatic heterocycles. The summed E-state index contributed by atoms with van der Waals surface area (Å²) in [6.45, 7) is 2.51. The molecule has 0 spiro atoms. The molecule has 138 valence electrons. The summed E-state index contributed by atoms with van der Waals surface area (Å²) in [5.74, 6) is -0.00336. The number of nitrogens with zero attached hydrogens (tertiary/aromatic N) is 1. The van der Waals surface area contributed by atoms with Crippen molar-refractivity contribution in [3.8, 4) is 0 Å².